The van der Waals surface area contributed by atoms with E-state index in [2.05, 4.69) is 5.32 Å². The topological polar surface area (TPSA) is 72.5 Å². The molecular weight excluding hydrogens is 249 g/mol. The molecule has 0 radical (unpaired) electrons. The number of hydrogen-bond donors (Lipinski definition) is 1. The third-order valence-corrected chi connectivity index (χ3v) is 3.40. The smallest absolute Gasteiger partial charge is 0.407 e. The van der Waals surface area contributed by atoms with Gasteiger partial charge < -0.3 is 10.1 Å². The van der Waals surface area contributed by atoms with Gasteiger partial charge in [0.2, 0.25) is 0 Å². The molecule has 7 heteroatoms. The largest absolute Gasteiger partial charge is 0.444 e. The molecular formula is C10H18FNO4S. The number of amides is 1. The number of hydrogen-bond acceptors (Lipinski definition) is 4. The van der Waals surface area contributed by atoms with Crippen LogP contribution in [-0.4, -0.2) is 32.4 Å². The van der Waals surface area contributed by atoms with Gasteiger partial charge in [0.25, 0.3) is 0 Å². The zero-order valence-corrected chi connectivity index (χ0v) is 11.1. The van der Waals surface area contributed by atoms with E-state index in [4.69, 9.17) is 4.74 Å². The normalized spacial score (nSPS) is 18.6. The second kappa shape index (κ2) is 4.44. The molecule has 0 atom stereocenters. The van der Waals surface area contributed by atoms with Crippen LogP contribution in [0.2, 0.25) is 0 Å². The number of rotatable bonds is 4. The van der Waals surface area contributed by atoms with Crippen LogP contribution >= 0.6 is 0 Å². The van der Waals surface area contributed by atoms with E-state index in [9.17, 15) is 17.1 Å². The third kappa shape index (κ3) is 5.86. The molecule has 0 bridgehead atoms. The van der Waals surface area contributed by atoms with Gasteiger partial charge in [0.15, 0.2) is 0 Å². The Morgan fingerprint density at radius 3 is 2.29 bits per heavy atom. The Morgan fingerprint density at radius 2 is 1.94 bits per heavy atom. The number of nitrogens with one attached hydrogen (secondary N) is 1. The highest BCUT2D eigenvalue weighted by Crippen LogP contribution is 2.46. The zero-order chi connectivity index (χ0) is 13.3. The van der Waals surface area contributed by atoms with Crippen molar-refractivity contribution in [1.29, 1.82) is 0 Å². The van der Waals surface area contributed by atoms with Crippen LogP contribution in [0.5, 0.6) is 0 Å². The van der Waals surface area contributed by atoms with Crippen LogP contribution in [0.3, 0.4) is 0 Å². The molecule has 1 N–H and O–H groups in total. The average molecular weight is 267 g/mol. The zero-order valence-electron chi connectivity index (χ0n) is 10.2. The van der Waals surface area contributed by atoms with E-state index >= 15 is 0 Å². The summed E-state index contributed by atoms with van der Waals surface area (Å²) in [6.45, 7) is 5.31. The molecule has 0 spiro atoms. The first-order valence-electron chi connectivity index (χ1n) is 5.41. The predicted molar refractivity (Wildman–Crippen MR) is 60.8 cm³/mol. The lowest BCUT2D eigenvalue weighted by Gasteiger charge is -2.21. The summed E-state index contributed by atoms with van der Waals surface area (Å²) in [6, 6.07) is 0. The first kappa shape index (κ1) is 14.2. The Balaban J connectivity index is 2.39. The van der Waals surface area contributed by atoms with E-state index < -0.39 is 33.1 Å². The maximum atomic E-state index is 12.5. The molecule has 5 nitrogen and oxygen atoms in total. The Morgan fingerprint density at radius 1 is 1.41 bits per heavy atom. The molecule has 0 heterocycles. The van der Waals surface area contributed by atoms with Crippen molar-refractivity contribution in [2.24, 2.45) is 5.41 Å². The second-order valence-corrected chi connectivity index (χ2v) is 6.90. The van der Waals surface area contributed by atoms with Gasteiger partial charge in [0, 0.05) is 12.0 Å². The van der Waals surface area contributed by atoms with Crippen LogP contribution in [0.15, 0.2) is 0 Å². The van der Waals surface area contributed by atoms with Crippen molar-refractivity contribution in [2.45, 2.75) is 39.2 Å². The molecule has 1 rings (SSSR count). The minimum Gasteiger partial charge on any atom is -0.444 e. The van der Waals surface area contributed by atoms with Gasteiger partial charge in [-0.2, -0.15) is 8.42 Å². The van der Waals surface area contributed by atoms with Gasteiger partial charge in [-0.15, -0.1) is 3.89 Å². The lowest BCUT2D eigenvalue weighted by atomic mass is 10.1. The highest BCUT2D eigenvalue weighted by molar-refractivity contribution is 7.86. The summed E-state index contributed by atoms with van der Waals surface area (Å²) in [6.07, 6.45) is 0.595. The predicted octanol–water partition coefficient (Wildman–Crippen LogP) is 1.59. The quantitative estimate of drug-likeness (QED) is 0.785. The maximum absolute atomic E-state index is 12.5. The molecule has 0 unspecified atom stereocenters. The lowest BCUT2D eigenvalue weighted by Crippen LogP contribution is -2.37. The minimum absolute atomic E-state index is 0.130. The Bertz CT molecular complexity index is 395. The number of alkyl carbamates (subject to hydrolysis) is 1. The summed E-state index contributed by atoms with van der Waals surface area (Å²) in [5, 5.41) is 2.47. The van der Waals surface area contributed by atoms with Crippen LogP contribution in [0.25, 0.3) is 0 Å². The molecule has 17 heavy (non-hydrogen) atoms. The molecule has 0 aliphatic heterocycles. The second-order valence-electron chi connectivity index (χ2n) is 5.54. The first-order valence-corrected chi connectivity index (χ1v) is 6.96. The molecule has 1 saturated carbocycles. The van der Waals surface area contributed by atoms with Crippen LogP contribution in [0, 0.1) is 5.41 Å². The van der Waals surface area contributed by atoms with Gasteiger partial charge in [0.1, 0.15) is 5.60 Å². The summed E-state index contributed by atoms with van der Waals surface area (Å²) in [7, 11) is -4.49. The highest BCUT2D eigenvalue weighted by atomic mass is 32.3. The molecule has 1 fully saturated rings. The fourth-order valence-electron chi connectivity index (χ4n) is 1.49. The van der Waals surface area contributed by atoms with Crippen molar-refractivity contribution in [1.82, 2.24) is 5.32 Å². The summed E-state index contributed by atoms with van der Waals surface area (Å²) in [4.78, 5) is 11.3. The molecule has 1 aliphatic carbocycles. The van der Waals surface area contributed by atoms with E-state index in [0.717, 1.165) is 0 Å². The van der Waals surface area contributed by atoms with Crippen molar-refractivity contribution < 1.29 is 21.8 Å². The summed E-state index contributed by atoms with van der Waals surface area (Å²) in [5.74, 6) is -0.532. The maximum Gasteiger partial charge on any atom is 0.407 e. The van der Waals surface area contributed by atoms with E-state index in [-0.39, 0.29) is 6.54 Å². The number of halogens is 1. The Labute approximate surface area is 101 Å². The van der Waals surface area contributed by atoms with E-state index in [1.807, 2.05) is 0 Å². The SMILES string of the molecule is CC(C)(C)OC(=O)NCC1(CS(=O)(=O)F)CC1. The first-order chi connectivity index (χ1) is 7.52. The third-order valence-electron chi connectivity index (χ3n) is 2.44. The van der Waals surface area contributed by atoms with Gasteiger partial charge in [-0.25, -0.2) is 4.79 Å². The molecule has 100 valence electrons. The van der Waals surface area contributed by atoms with Crippen LogP contribution < -0.4 is 5.32 Å². The van der Waals surface area contributed by atoms with Gasteiger partial charge >= 0.3 is 16.3 Å². The fourth-order valence-corrected chi connectivity index (χ4v) is 2.61. The standard InChI is InChI=1S/C10H18FNO4S/c1-9(2,3)16-8(13)12-6-10(4-5-10)7-17(11,14)15/h4-7H2,1-3H3,(H,12,13). The summed E-state index contributed by atoms with van der Waals surface area (Å²) >= 11 is 0. The Kier molecular flexibility index (Phi) is 3.71. The molecule has 1 amide bonds. The summed E-state index contributed by atoms with van der Waals surface area (Å²) in [5.41, 5.74) is -1.24. The van der Waals surface area contributed by atoms with E-state index in [0.29, 0.717) is 12.8 Å². The van der Waals surface area contributed by atoms with E-state index in [1.54, 1.807) is 20.8 Å². The van der Waals surface area contributed by atoms with Crippen molar-refractivity contribution in [3.05, 3.63) is 0 Å². The van der Waals surface area contributed by atoms with Crippen molar-refractivity contribution in [3.8, 4) is 0 Å². The number of carbonyl (C=O) groups is 1. The van der Waals surface area contributed by atoms with E-state index in [1.165, 1.54) is 0 Å². The van der Waals surface area contributed by atoms with Crippen molar-refractivity contribution in [3.63, 3.8) is 0 Å². The molecule has 0 aromatic rings. The lowest BCUT2D eigenvalue weighted by molar-refractivity contribution is 0.0518. The number of carbonyl (C=O) groups excluding carboxylic acids is 1. The molecule has 0 saturated heterocycles. The number of ether oxygens (including phenoxy) is 1. The van der Waals surface area contributed by atoms with Gasteiger partial charge in [-0.1, -0.05) is 0 Å². The van der Waals surface area contributed by atoms with Gasteiger partial charge in [-0.3, -0.25) is 0 Å². The van der Waals surface area contributed by atoms with Crippen LogP contribution in [0.4, 0.5) is 8.68 Å². The molecule has 1 aliphatic rings. The van der Waals surface area contributed by atoms with Gasteiger partial charge in [-0.05, 0) is 33.6 Å². The van der Waals surface area contributed by atoms with Crippen LogP contribution in [0.1, 0.15) is 33.6 Å². The monoisotopic (exact) mass is 267 g/mol. The van der Waals surface area contributed by atoms with Gasteiger partial charge in [0.05, 0.1) is 5.75 Å². The average Bonchev–Trinajstić information content (AvgIpc) is 2.76. The summed E-state index contributed by atoms with van der Waals surface area (Å²) < 4.78 is 38.6. The molecule has 0 aromatic heterocycles. The van der Waals surface area contributed by atoms with Crippen molar-refractivity contribution in [2.75, 3.05) is 12.3 Å². The highest BCUT2D eigenvalue weighted by Gasteiger charge is 2.46. The minimum atomic E-state index is -4.49. The Hall–Kier alpha value is -0.850. The van der Waals surface area contributed by atoms with Crippen molar-refractivity contribution >= 4 is 16.3 Å². The fraction of sp³-hybridized carbons (Fsp3) is 0.900. The van der Waals surface area contributed by atoms with Crippen LogP contribution in [-0.2, 0) is 15.0 Å². The molecule has 0 aromatic carbocycles.